The van der Waals surface area contributed by atoms with E-state index in [2.05, 4.69) is 0 Å². The number of ether oxygens (including phenoxy) is 3. The first-order valence-corrected chi connectivity index (χ1v) is 11.3. The second-order valence-electron chi connectivity index (χ2n) is 8.34. The highest BCUT2D eigenvalue weighted by molar-refractivity contribution is 5.96. The van der Waals surface area contributed by atoms with Gasteiger partial charge in [-0.3, -0.25) is 4.79 Å². The molecule has 6 nitrogen and oxygen atoms in total. The lowest BCUT2D eigenvalue weighted by Gasteiger charge is -2.28. The monoisotopic (exact) mass is 465 g/mol. The van der Waals surface area contributed by atoms with Crippen LogP contribution >= 0.6 is 0 Å². The number of nitrogen functional groups attached to an aromatic ring is 1. The van der Waals surface area contributed by atoms with Crippen molar-refractivity contribution in [1.82, 2.24) is 0 Å². The van der Waals surface area contributed by atoms with Crippen LogP contribution < -0.4 is 10.5 Å². The van der Waals surface area contributed by atoms with Crippen molar-refractivity contribution in [2.75, 3.05) is 12.3 Å². The molecule has 2 unspecified atom stereocenters. The van der Waals surface area contributed by atoms with E-state index in [4.69, 9.17) is 19.9 Å². The third-order valence-electron chi connectivity index (χ3n) is 5.78. The number of carbonyl (C=O) groups excluding carboxylic acids is 1. The molecule has 1 aliphatic rings. The highest BCUT2D eigenvalue weighted by Crippen LogP contribution is 2.32. The van der Waals surface area contributed by atoms with Crippen LogP contribution in [0.5, 0.6) is 11.5 Å². The fraction of sp³-hybridized carbons (Fsp3) is 0.296. The summed E-state index contributed by atoms with van der Waals surface area (Å²) in [6, 6.07) is 17.9. The molecule has 1 heterocycles. The highest BCUT2D eigenvalue weighted by Gasteiger charge is 2.23. The van der Waals surface area contributed by atoms with E-state index < -0.39 is 17.3 Å². The van der Waals surface area contributed by atoms with Crippen LogP contribution in [-0.4, -0.2) is 23.8 Å². The average molecular weight is 466 g/mol. The molecule has 3 aromatic rings. The highest BCUT2D eigenvalue weighted by atomic mass is 19.1. The number of phenolic OH excluding ortho intramolecular Hbond substituents is 1. The predicted octanol–water partition coefficient (Wildman–Crippen LogP) is 5.53. The summed E-state index contributed by atoms with van der Waals surface area (Å²) in [5.41, 5.74) is 9.24. The van der Waals surface area contributed by atoms with Crippen molar-refractivity contribution in [3.63, 3.8) is 0 Å². The minimum Gasteiger partial charge on any atom is -0.504 e. The van der Waals surface area contributed by atoms with Gasteiger partial charge < -0.3 is 25.1 Å². The molecule has 0 aliphatic carbocycles. The van der Waals surface area contributed by atoms with Crippen molar-refractivity contribution in [3.05, 3.63) is 88.7 Å². The number of Topliss-reactive ketones (excluding diaryl/α,β-unsaturated/α-hetero) is 1. The molecule has 0 amide bonds. The number of anilines is 1. The van der Waals surface area contributed by atoms with Gasteiger partial charge in [0.25, 0.3) is 0 Å². The number of ketones is 1. The molecule has 1 saturated heterocycles. The molecule has 34 heavy (non-hydrogen) atoms. The molecule has 1 aliphatic heterocycles. The Bertz CT molecular complexity index is 1140. The van der Waals surface area contributed by atoms with Gasteiger partial charge in [0.15, 0.2) is 23.6 Å². The number of nitrogens with two attached hydrogens (primary N) is 1. The number of rotatable bonds is 8. The van der Waals surface area contributed by atoms with Gasteiger partial charge in [-0.05, 0) is 67.1 Å². The van der Waals surface area contributed by atoms with Crippen LogP contribution in [0, 0.1) is 5.82 Å². The van der Waals surface area contributed by atoms with E-state index in [9.17, 15) is 14.3 Å². The van der Waals surface area contributed by atoms with Crippen molar-refractivity contribution in [3.8, 4) is 11.5 Å². The molecule has 0 radical (unpaired) electrons. The van der Waals surface area contributed by atoms with E-state index in [1.54, 1.807) is 0 Å². The molecule has 0 aromatic heterocycles. The van der Waals surface area contributed by atoms with Crippen LogP contribution in [0.2, 0.25) is 0 Å². The summed E-state index contributed by atoms with van der Waals surface area (Å²) in [5.74, 6) is -2.20. The lowest BCUT2D eigenvalue weighted by atomic mass is 9.99. The summed E-state index contributed by atoms with van der Waals surface area (Å²) in [6.07, 6.45) is 2.30. The number of hydrogen-bond donors (Lipinski definition) is 2. The van der Waals surface area contributed by atoms with Gasteiger partial charge in [-0.1, -0.05) is 36.4 Å². The first kappa shape index (κ1) is 23.7. The minimum absolute atomic E-state index is 0.0799. The molecular weight excluding hydrogens is 437 g/mol. The lowest BCUT2D eigenvalue weighted by Crippen LogP contribution is -2.25. The van der Waals surface area contributed by atoms with Gasteiger partial charge in [0, 0.05) is 12.3 Å². The van der Waals surface area contributed by atoms with Gasteiger partial charge in [0.2, 0.25) is 5.82 Å². The number of phenols is 1. The van der Waals surface area contributed by atoms with Gasteiger partial charge >= 0.3 is 0 Å². The maximum Gasteiger partial charge on any atom is 0.207 e. The third-order valence-corrected chi connectivity index (χ3v) is 5.78. The first-order chi connectivity index (χ1) is 16.4. The fourth-order valence-corrected chi connectivity index (χ4v) is 3.93. The standard InChI is InChI=1S/C27H28FNO5/c1-17(30)22-12-13-23(25(28)26(22)31)33-16-18-8-10-19(11-9-18)27(20-5-4-6-21(29)15-20)34-24-7-2-3-14-32-24/h4-6,8-13,15,24,27,31H,2-3,7,14,16,29H2,1H3. The zero-order valence-corrected chi connectivity index (χ0v) is 19.0. The van der Waals surface area contributed by atoms with E-state index in [0.717, 1.165) is 36.0 Å². The average Bonchev–Trinajstić information content (AvgIpc) is 2.84. The Morgan fingerprint density at radius 1 is 1.15 bits per heavy atom. The summed E-state index contributed by atoms with van der Waals surface area (Å²) >= 11 is 0. The molecule has 0 spiro atoms. The molecule has 178 valence electrons. The molecule has 3 N–H and O–H groups in total. The quantitative estimate of drug-likeness (QED) is 0.336. The zero-order valence-electron chi connectivity index (χ0n) is 19.0. The maximum atomic E-state index is 14.4. The summed E-state index contributed by atoms with van der Waals surface area (Å²) in [4.78, 5) is 11.5. The van der Waals surface area contributed by atoms with E-state index in [1.165, 1.54) is 19.1 Å². The van der Waals surface area contributed by atoms with E-state index in [0.29, 0.717) is 12.3 Å². The first-order valence-electron chi connectivity index (χ1n) is 11.3. The van der Waals surface area contributed by atoms with Crippen molar-refractivity contribution in [2.24, 2.45) is 0 Å². The Morgan fingerprint density at radius 3 is 2.62 bits per heavy atom. The lowest BCUT2D eigenvalue weighted by molar-refractivity contribution is -0.181. The number of hydrogen-bond acceptors (Lipinski definition) is 6. The number of halogens is 1. The number of aromatic hydroxyl groups is 1. The molecule has 0 bridgehead atoms. The molecule has 4 rings (SSSR count). The van der Waals surface area contributed by atoms with E-state index in [1.807, 2.05) is 48.5 Å². The Hall–Kier alpha value is -3.42. The van der Waals surface area contributed by atoms with Gasteiger partial charge in [0.1, 0.15) is 12.7 Å². The summed E-state index contributed by atoms with van der Waals surface area (Å²) in [5, 5.41) is 9.90. The topological polar surface area (TPSA) is 91.0 Å². The molecular formula is C27H28FNO5. The van der Waals surface area contributed by atoms with Crippen molar-refractivity contribution in [1.29, 1.82) is 0 Å². The van der Waals surface area contributed by atoms with Crippen molar-refractivity contribution in [2.45, 2.75) is 45.2 Å². The van der Waals surface area contributed by atoms with Crippen LogP contribution in [0.15, 0.2) is 60.7 Å². The smallest absolute Gasteiger partial charge is 0.207 e. The molecule has 2 atom stereocenters. The molecule has 7 heteroatoms. The summed E-state index contributed by atoms with van der Waals surface area (Å²) < 4.78 is 32.0. The second kappa shape index (κ2) is 10.7. The Balaban J connectivity index is 1.50. The van der Waals surface area contributed by atoms with Crippen LogP contribution in [0.3, 0.4) is 0 Å². The van der Waals surface area contributed by atoms with E-state index in [-0.39, 0.29) is 30.3 Å². The predicted molar refractivity (Wildman–Crippen MR) is 126 cm³/mol. The largest absolute Gasteiger partial charge is 0.504 e. The third kappa shape index (κ3) is 5.55. The second-order valence-corrected chi connectivity index (χ2v) is 8.34. The molecule has 3 aromatic carbocycles. The molecule has 0 saturated carbocycles. The van der Waals surface area contributed by atoms with Crippen LogP contribution in [0.25, 0.3) is 0 Å². The normalized spacial score (nSPS) is 16.7. The molecule has 1 fully saturated rings. The minimum atomic E-state index is -0.952. The van der Waals surface area contributed by atoms with Crippen LogP contribution in [-0.2, 0) is 16.1 Å². The van der Waals surface area contributed by atoms with Gasteiger partial charge in [-0.25, -0.2) is 0 Å². The Kier molecular flexibility index (Phi) is 7.45. The van der Waals surface area contributed by atoms with Crippen LogP contribution in [0.1, 0.15) is 59.3 Å². The number of carbonyl (C=O) groups is 1. The zero-order chi connectivity index (χ0) is 24.1. The Labute approximate surface area is 198 Å². The van der Waals surface area contributed by atoms with E-state index >= 15 is 0 Å². The van der Waals surface area contributed by atoms with Crippen molar-refractivity contribution >= 4 is 11.5 Å². The van der Waals surface area contributed by atoms with Crippen molar-refractivity contribution < 1.29 is 28.5 Å². The fourth-order valence-electron chi connectivity index (χ4n) is 3.93. The van der Waals surface area contributed by atoms with Gasteiger partial charge in [0.05, 0.1) is 5.56 Å². The Morgan fingerprint density at radius 2 is 1.94 bits per heavy atom. The SMILES string of the molecule is CC(=O)c1ccc(OCc2ccc(C(OC3CCCCO3)c3cccc(N)c3)cc2)c(F)c1O. The van der Waals surface area contributed by atoms with Gasteiger partial charge in [-0.2, -0.15) is 4.39 Å². The number of benzene rings is 3. The maximum absolute atomic E-state index is 14.4. The van der Waals surface area contributed by atoms with Gasteiger partial charge in [-0.15, -0.1) is 0 Å². The summed E-state index contributed by atoms with van der Waals surface area (Å²) in [7, 11) is 0. The van der Waals surface area contributed by atoms with Crippen LogP contribution in [0.4, 0.5) is 10.1 Å². The summed E-state index contributed by atoms with van der Waals surface area (Å²) in [6.45, 7) is 2.04.